The van der Waals surface area contributed by atoms with E-state index in [-0.39, 0.29) is 77.6 Å². The largest absolute Gasteiger partial charge is 2.00 e. The minimum absolute atomic E-state index is 0. The molecule has 16 heteroatoms. The van der Waals surface area contributed by atoms with E-state index in [1.54, 1.807) is 49.1 Å². The second kappa shape index (κ2) is 25.6. The second-order valence-corrected chi connectivity index (χ2v) is 27.7. The summed E-state index contributed by atoms with van der Waals surface area (Å²) in [5, 5.41) is 52.2. The molecule has 0 spiro atoms. The minimum atomic E-state index is -0.576. The molecule has 0 unspecified atom stereocenters. The van der Waals surface area contributed by atoms with Gasteiger partial charge < -0.3 is 39.0 Å². The van der Waals surface area contributed by atoms with Crippen LogP contribution >= 0.6 is 0 Å². The summed E-state index contributed by atoms with van der Waals surface area (Å²) in [7, 11) is -1.15. The molecule has 0 radical (unpaired) electrons. The SMILES string of the molecule is CC(C)(C)c1cc(C=Nc2ccccc2N=Cc2cc(B3OC(C)(C)C(C)(C)O3)ccc2[O-])c([O-])c(C(C)(C)C)c1.CC(C)(C)c1cc(C=Nc2ccccc2N=Cc2cc(B3OC(C)(C)C(C)(C)O3)ccc2[O-])c([O-])c(C(C)(C)C)c1.[Ni+2].[Ni+2]. The molecule has 2 saturated heterocycles. The first-order valence-electron chi connectivity index (χ1n) is 28.2. The first-order chi connectivity index (χ1) is 37.8. The van der Waals surface area contributed by atoms with Gasteiger partial charge in [-0.3, -0.25) is 20.0 Å². The molecule has 0 aliphatic carbocycles. The van der Waals surface area contributed by atoms with Crippen LogP contribution in [0.1, 0.15) is 183 Å². The Morgan fingerprint density at radius 3 is 0.869 bits per heavy atom. The van der Waals surface area contributed by atoms with Gasteiger partial charge in [-0.05, 0) is 157 Å². The zero-order valence-corrected chi connectivity index (χ0v) is 54.5. The maximum Gasteiger partial charge on any atom is 2.00 e. The molecular formula is C68H82B2N4Ni2O8. The number of nitrogens with zero attached hydrogens (tertiary/aromatic N) is 4. The smallest absolute Gasteiger partial charge is 0.872 e. The third-order valence-electron chi connectivity index (χ3n) is 15.8. The standard InChI is InChI=1S/2C34H43BN2O4.2Ni/c2*1-31(2,3)24-17-23(30(39)26(19-24)32(4,5)6)21-37-28-14-12-11-13-27(28)36-20-22-18-25(15-16-29(22)38)35-40-33(7,8)34(9,10)41-35;;/h2*11-21,38-39H,1-10H3;;/q;;2*+2/p-4. The van der Waals surface area contributed by atoms with Crippen molar-refractivity contribution in [2.45, 2.75) is 183 Å². The Hall–Kier alpha value is -5.84. The first-order valence-corrected chi connectivity index (χ1v) is 28.2. The maximum absolute atomic E-state index is 13.4. The summed E-state index contributed by atoms with van der Waals surface area (Å²) in [5.74, 6) is -0.351. The summed E-state index contributed by atoms with van der Waals surface area (Å²) >= 11 is 0. The van der Waals surface area contributed by atoms with Crippen molar-refractivity contribution in [1.29, 1.82) is 0 Å². The summed E-state index contributed by atoms with van der Waals surface area (Å²) in [6.07, 6.45) is 6.34. The van der Waals surface area contributed by atoms with Crippen LogP contribution in [-0.4, -0.2) is 61.5 Å². The van der Waals surface area contributed by atoms with Crippen molar-refractivity contribution in [3.8, 4) is 23.0 Å². The van der Waals surface area contributed by atoms with Gasteiger partial charge in [0.1, 0.15) is 0 Å². The third-order valence-corrected chi connectivity index (χ3v) is 15.8. The van der Waals surface area contributed by atoms with E-state index in [2.05, 4.69) is 61.5 Å². The van der Waals surface area contributed by atoms with Crippen LogP contribution in [0, 0.1) is 0 Å². The Kier molecular flexibility index (Phi) is 21.0. The number of hydrogen-bond acceptors (Lipinski definition) is 12. The predicted molar refractivity (Wildman–Crippen MR) is 332 cm³/mol. The molecule has 2 heterocycles. The molecule has 2 fully saturated rings. The van der Waals surface area contributed by atoms with E-state index in [1.165, 1.54) is 12.1 Å². The van der Waals surface area contributed by atoms with Crippen LogP contribution in [0.2, 0.25) is 0 Å². The molecule has 448 valence electrons. The third kappa shape index (κ3) is 16.0. The molecule has 12 nitrogen and oxygen atoms in total. The molecule has 0 N–H and O–H groups in total. The summed E-state index contributed by atoms with van der Waals surface area (Å²) < 4.78 is 24.6. The Morgan fingerprint density at radius 1 is 0.357 bits per heavy atom. The van der Waals surface area contributed by atoms with Gasteiger partial charge in [-0.15, -0.1) is 11.5 Å². The van der Waals surface area contributed by atoms with E-state index in [0.717, 1.165) is 33.2 Å². The van der Waals surface area contributed by atoms with E-state index >= 15 is 0 Å². The first kappa shape index (κ1) is 68.9. The summed E-state index contributed by atoms with van der Waals surface area (Å²) in [6.45, 7) is 41.1. The van der Waals surface area contributed by atoms with Gasteiger partial charge in [-0.25, -0.2) is 0 Å². The van der Waals surface area contributed by atoms with Gasteiger partial charge in [0.25, 0.3) is 0 Å². The molecule has 0 saturated carbocycles. The summed E-state index contributed by atoms with van der Waals surface area (Å²) in [5.41, 5.74) is 6.72. The molecule has 0 atom stereocenters. The van der Waals surface area contributed by atoms with E-state index in [0.29, 0.717) is 45.0 Å². The van der Waals surface area contributed by atoms with Crippen LogP contribution < -0.4 is 31.4 Å². The van der Waals surface area contributed by atoms with Gasteiger partial charge in [-0.2, -0.15) is 0 Å². The topological polar surface area (TPSA) is 179 Å². The molecule has 0 aromatic heterocycles. The molecule has 0 amide bonds. The van der Waals surface area contributed by atoms with Gasteiger partial charge in [0.2, 0.25) is 0 Å². The van der Waals surface area contributed by atoms with Crippen molar-refractivity contribution in [3.63, 3.8) is 0 Å². The van der Waals surface area contributed by atoms with Crippen LogP contribution in [0.25, 0.3) is 0 Å². The fourth-order valence-corrected chi connectivity index (χ4v) is 8.98. The van der Waals surface area contributed by atoms with E-state index in [9.17, 15) is 20.4 Å². The zero-order chi connectivity index (χ0) is 60.8. The molecule has 0 bridgehead atoms. The molecule has 8 rings (SSSR count). The predicted octanol–water partition coefficient (Wildman–Crippen LogP) is 12.5. The summed E-state index contributed by atoms with van der Waals surface area (Å²) in [6, 6.07) is 32.7. The molecule has 6 aromatic rings. The maximum atomic E-state index is 13.4. The average molecular weight is 1220 g/mol. The van der Waals surface area contributed by atoms with Gasteiger partial charge in [0.15, 0.2) is 0 Å². The van der Waals surface area contributed by atoms with Crippen LogP contribution in [0.5, 0.6) is 23.0 Å². The molecule has 6 aromatic carbocycles. The van der Waals surface area contributed by atoms with Gasteiger partial charge in [0.05, 0.1) is 45.2 Å². The quantitative estimate of drug-likeness (QED) is 0.0960. The second-order valence-electron chi connectivity index (χ2n) is 27.7. The number of aliphatic imine (C=N–C) groups is 4. The fraction of sp³-hybridized carbons (Fsp3) is 0.412. The van der Waals surface area contributed by atoms with Crippen LogP contribution in [0.3, 0.4) is 0 Å². The number of benzene rings is 6. The Balaban J connectivity index is 0.000000300. The van der Waals surface area contributed by atoms with E-state index < -0.39 is 36.6 Å². The Morgan fingerprint density at radius 2 is 0.619 bits per heavy atom. The van der Waals surface area contributed by atoms with Gasteiger partial charge >= 0.3 is 47.2 Å². The van der Waals surface area contributed by atoms with Crippen molar-refractivity contribution in [3.05, 3.63) is 154 Å². The normalized spacial score (nSPS) is 16.8. The van der Waals surface area contributed by atoms with Crippen molar-refractivity contribution in [1.82, 2.24) is 0 Å². The van der Waals surface area contributed by atoms with Gasteiger partial charge in [0, 0.05) is 24.9 Å². The number of rotatable bonds is 10. The number of hydrogen-bond donors (Lipinski definition) is 0. The van der Waals surface area contributed by atoms with Crippen molar-refractivity contribution in [2.75, 3.05) is 0 Å². The van der Waals surface area contributed by atoms with Crippen molar-refractivity contribution >= 4 is 72.8 Å². The molecular weight excluding hydrogens is 1140 g/mol. The van der Waals surface area contributed by atoms with Crippen molar-refractivity contribution in [2.24, 2.45) is 20.0 Å². The Bertz CT molecular complexity index is 3200. The molecule has 2 aliphatic heterocycles. The van der Waals surface area contributed by atoms with Crippen LogP contribution in [0.4, 0.5) is 22.7 Å². The minimum Gasteiger partial charge on any atom is -0.872 e. The zero-order valence-electron chi connectivity index (χ0n) is 52.5. The van der Waals surface area contributed by atoms with Crippen LogP contribution in [0.15, 0.2) is 129 Å². The van der Waals surface area contributed by atoms with Crippen molar-refractivity contribution < 1.29 is 72.0 Å². The monoisotopic (exact) mass is 1220 g/mol. The van der Waals surface area contributed by atoms with Crippen LogP contribution in [-0.2, 0) is 73.3 Å². The molecule has 84 heavy (non-hydrogen) atoms. The fourth-order valence-electron chi connectivity index (χ4n) is 8.98. The number of para-hydroxylation sites is 4. The molecule has 2 aliphatic rings. The van der Waals surface area contributed by atoms with E-state index in [1.807, 2.05) is 170 Å². The summed E-state index contributed by atoms with van der Waals surface area (Å²) in [4.78, 5) is 18.6. The Labute approximate surface area is 520 Å². The van der Waals surface area contributed by atoms with Gasteiger partial charge in [-0.1, -0.05) is 180 Å². The van der Waals surface area contributed by atoms with E-state index in [4.69, 9.17) is 18.6 Å². The average Bonchev–Trinajstić information content (AvgIpc) is 2.22.